The molecular weight excluding hydrogens is 272 g/mol. The van der Waals surface area contributed by atoms with Crippen LogP contribution in [-0.4, -0.2) is 4.92 Å². The highest BCUT2D eigenvalue weighted by Crippen LogP contribution is 2.24. The van der Waals surface area contributed by atoms with E-state index in [2.05, 4.69) is 5.32 Å². The molecule has 2 rings (SSSR count). The summed E-state index contributed by atoms with van der Waals surface area (Å²) >= 11 is 7.01. The molecule has 0 aliphatic rings. The van der Waals surface area contributed by atoms with Crippen molar-refractivity contribution in [3.05, 3.63) is 55.9 Å². The van der Waals surface area contributed by atoms with Crippen LogP contribution in [0.3, 0.4) is 0 Å². The van der Waals surface area contributed by atoms with Gasteiger partial charge in [-0.25, -0.2) is 0 Å². The number of nitrogens with one attached hydrogen (secondary N) is 1. The highest BCUT2D eigenvalue weighted by Gasteiger charge is 2.09. The first-order valence-electron chi connectivity index (χ1n) is 5.28. The molecular formula is C12H11ClN2O2S. The molecule has 6 heteroatoms. The zero-order valence-electron chi connectivity index (χ0n) is 9.64. The molecule has 18 heavy (non-hydrogen) atoms. The Bertz CT molecular complexity index is 583. The van der Waals surface area contributed by atoms with E-state index in [-0.39, 0.29) is 9.92 Å². The average molecular weight is 283 g/mol. The normalized spacial score (nSPS) is 10.3. The molecule has 1 heterocycles. The van der Waals surface area contributed by atoms with Gasteiger partial charge in [0, 0.05) is 28.7 Å². The van der Waals surface area contributed by atoms with Gasteiger partial charge in [0.05, 0.1) is 4.92 Å². The first-order chi connectivity index (χ1) is 8.56. The molecule has 0 unspecified atom stereocenters. The van der Waals surface area contributed by atoms with E-state index in [1.54, 1.807) is 11.4 Å². The molecule has 0 spiro atoms. The van der Waals surface area contributed by atoms with Crippen LogP contribution in [-0.2, 0) is 6.54 Å². The number of hydrogen-bond donors (Lipinski definition) is 1. The zero-order valence-corrected chi connectivity index (χ0v) is 11.2. The molecule has 0 radical (unpaired) electrons. The molecule has 0 aliphatic heterocycles. The van der Waals surface area contributed by atoms with Crippen LogP contribution in [0, 0.1) is 17.0 Å². The monoisotopic (exact) mass is 282 g/mol. The van der Waals surface area contributed by atoms with E-state index in [9.17, 15) is 10.1 Å². The average Bonchev–Trinajstić information content (AvgIpc) is 2.76. The minimum absolute atomic E-state index is 0.166. The van der Waals surface area contributed by atoms with Gasteiger partial charge in [-0.3, -0.25) is 10.1 Å². The van der Waals surface area contributed by atoms with Crippen LogP contribution < -0.4 is 5.32 Å². The lowest BCUT2D eigenvalue weighted by molar-refractivity contribution is -0.380. The van der Waals surface area contributed by atoms with E-state index in [1.165, 1.54) is 0 Å². The third-order valence-electron chi connectivity index (χ3n) is 2.49. The van der Waals surface area contributed by atoms with E-state index in [0.717, 1.165) is 28.2 Å². The number of thiophene rings is 1. The van der Waals surface area contributed by atoms with E-state index in [0.29, 0.717) is 11.6 Å². The van der Waals surface area contributed by atoms with Gasteiger partial charge in [0.25, 0.3) is 0 Å². The van der Waals surface area contributed by atoms with Crippen molar-refractivity contribution in [2.45, 2.75) is 13.5 Å². The standard InChI is InChI=1S/C12H11ClN2O2S/c1-8-4-10(13)2-3-11(8)14-6-9-5-12(15(16)17)18-7-9/h2-5,7,14H,6H2,1H3. The minimum atomic E-state index is -0.373. The summed E-state index contributed by atoms with van der Waals surface area (Å²) < 4.78 is 0. The summed E-state index contributed by atoms with van der Waals surface area (Å²) in [6.07, 6.45) is 0. The number of nitrogens with zero attached hydrogens (tertiary/aromatic N) is 1. The molecule has 1 aromatic carbocycles. The van der Waals surface area contributed by atoms with Gasteiger partial charge in [0.2, 0.25) is 0 Å². The molecule has 1 aromatic heterocycles. The molecule has 0 saturated heterocycles. The fourth-order valence-electron chi connectivity index (χ4n) is 1.57. The van der Waals surface area contributed by atoms with Gasteiger partial charge in [0.15, 0.2) is 0 Å². The van der Waals surface area contributed by atoms with Crippen LogP contribution in [0.15, 0.2) is 29.6 Å². The molecule has 1 N–H and O–H groups in total. The fourth-order valence-corrected chi connectivity index (χ4v) is 2.53. The summed E-state index contributed by atoms with van der Waals surface area (Å²) in [6, 6.07) is 7.17. The Morgan fingerprint density at radius 2 is 2.22 bits per heavy atom. The summed E-state index contributed by atoms with van der Waals surface area (Å²) in [7, 11) is 0. The van der Waals surface area contributed by atoms with Crippen LogP contribution in [0.5, 0.6) is 0 Å². The Kier molecular flexibility index (Phi) is 3.84. The molecule has 94 valence electrons. The Hall–Kier alpha value is -1.59. The molecule has 0 amide bonds. The number of nitro groups is 1. The summed E-state index contributed by atoms with van der Waals surface area (Å²) in [4.78, 5) is 10.2. The summed E-state index contributed by atoms with van der Waals surface area (Å²) in [5, 5.41) is 16.4. The van der Waals surface area contributed by atoms with Crippen molar-refractivity contribution in [1.82, 2.24) is 0 Å². The lowest BCUT2D eigenvalue weighted by Crippen LogP contribution is -1.99. The third kappa shape index (κ3) is 3.00. The van der Waals surface area contributed by atoms with Crippen molar-refractivity contribution in [2.24, 2.45) is 0 Å². The largest absolute Gasteiger partial charge is 0.381 e. The maximum Gasteiger partial charge on any atom is 0.324 e. The number of hydrogen-bond acceptors (Lipinski definition) is 4. The first-order valence-corrected chi connectivity index (χ1v) is 6.54. The van der Waals surface area contributed by atoms with Crippen LogP contribution in [0.25, 0.3) is 0 Å². The van der Waals surface area contributed by atoms with Gasteiger partial charge >= 0.3 is 5.00 Å². The predicted molar refractivity (Wildman–Crippen MR) is 74.5 cm³/mol. The smallest absolute Gasteiger partial charge is 0.324 e. The minimum Gasteiger partial charge on any atom is -0.381 e. The van der Waals surface area contributed by atoms with E-state index in [1.807, 2.05) is 25.1 Å². The molecule has 0 aliphatic carbocycles. The van der Waals surface area contributed by atoms with Gasteiger partial charge in [0.1, 0.15) is 0 Å². The van der Waals surface area contributed by atoms with Gasteiger partial charge in [-0.05, 0) is 36.2 Å². The van der Waals surface area contributed by atoms with Crippen LogP contribution in [0.4, 0.5) is 10.7 Å². The number of rotatable bonds is 4. The Morgan fingerprint density at radius 3 is 2.83 bits per heavy atom. The first kappa shape index (κ1) is 12.9. The summed E-state index contributed by atoms with van der Waals surface area (Å²) in [6.45, 7) is 2.52. The quantitative estimate of drug-likeness (QED) is 0.674. The van der Waals surface area contributed by atoms with Gasteiger partial charge in [-0.2, -0.15) is 0 Å². The maximum atomic E-state index is 10.6. The number of aryl methyl sites for hydroxylation is 1. The summed E-state index contributed by atoms with van der Waals surface area (Å²) in [5.74, 6) is 0. The number of halogens is 1. The number of anilines is 1. The Labute approximate surface area is 113 Å². The second kappa shape index (κ2) is 5.37. The molecule has 0 saturated carbocycles. The maximum absolute atomic E-state index is 10.6. The van der Waals surface area contributed by atoms with Crippen molar-refractivity contribution in [3.63, 3.8) is 0 Å². The lowest BCUT2D eigenvalue weighted by Gasteiger charge is -2.08. The van der Waals surface area contributed by atoms with Gasteiger partial charge in [-0.15, -0.1) is 0 Å². The van der Waals surface area contributed by atoms with Gasteiger partial charge in [-0.1, -0.05) is 22.9 Å². The molecule has 2 aromatic rings. The number of benzene rings is 1. The second-order valence-electron chi connectivity index (χ2n) is 3.86. The van der Waals surface area contributed by atoms with Crippen LogP contribution >= 0.6 is 22.9 Å². The van der Waals surface area contributed by atoms with E-state index < -0.39 is 0 Å². The predicted octanol–water partition coefficient (Wildman–Crippen LogP) is 4.23. The van der Waals surface area contributed by atoms with Crippen LogP contribution in [0.1, 0.15) is 11.1 Å². The topological polar surface area (TPSA) is 55.2 Å². The van der Waals surface area contributed by atoms with Crippen molar-refractivity contribution >= 4 is 33.6 Å². The van der Waals surface area contributed by atoms with Crippen molar-refractivity contribution < 1.29 is 4.92 Å². The molecule has 0 bridgehead atoms. The Morgan fingerprint density at radius 1 is 1.44 bits per heavy atom. The van der Waals surface area contributed by atoms with Crippen molar-refractivity contribution in [3.8, 4) is 0 Å². The summed E-state index contributed by atoms with van der Waals surface area (Å²) in [5.41, 5.74) is 2.93. The molecule has 0 fully saturated rings. The van der Waals surface area contributed by atoms with E-state index in [4.69, 9.17) is 11.6 Å². The zero-order chi connectivity index (χ0) is 13.1. The van der Waals surface area contributed by atoms with Crippen molar-refractivity contribution in [1.29, 1.82) is 0 Å². The molecule has 4 nitrogen and oxygen atoms in total. The third-order valence-corrected chi connectivity index (χ3v) is 3.66. The molecule has 0 atom stereocenters. The lowest BCUT2D eigenvalue weighted by atomic mass is 10.2. The fraction of sp³-hybridized carbons (Fsp3) is 0.167. The van der Waals surface area contributed by atoms with Gasteiger partial charge < -0.3 is 5.32 Å². The van der Waals surface area contributed by atoms with Crippen LogP contribution in [0.2, 0.25) is 5.02 Å². The van der Waals surface area contributed by atoms with E-state index >= 15 is 0 Å². The second-order valence-corrected chi connectivity index (χ2v) is 5.19. The highest BCUT2D eigenvalue weighted by atomic mass is 35.5. The SMILES string of the molecule is Cc1cc(Cl)ccc1NCc1csc([N+](=O)[O-])c1. The Balaban J connectivity index is 2.04. The van der Waals surface area contributed by atoms with Crippen molar-refractivity contribution in [2.75, 3.05) is 5.32 Å². The highest BCUT2D eigenvalue weighted by molar-refractivity contribution is 7.13.